The van der Waals surface area contributed by atoms with E-state index in [1.54, 1.807) is 0 Å². The average Bonchev–Trinajstić information content (AvgIpc) is 3.19. The fourth-order valence-electron chi connectivity index (χ4n) is 3.83. The van der Waals surface area contributed by atoms with Gasteiger partial charge in [0.2, 0.25) is 0 Å². The molecule has 33 heavy (non-hydrogen) atoms. The molecule has 1 heterocycles. The summed E-state index contributed by atoms with van der Waals surface area (Å²) in [6.45, 7) is -0.119. The molecule has 0 aliphatic carbocycles. The minimum atomic E-state index is -5.00. The Morgan fingerprint density at radius 1 is 1.03 bits per heavy atom. The van der Waals surface area contributed by atoms with Gasteiger partial charge in [-0.2, -0.15) is 36.9 Å². The molecule has 174 valence electrons. The standard InChI is InChI=1S/C22H17F6N3O2/c23-21(24,25)18-7-13(3-4-14(18)10-30)17-8-15(31-19(17)20(32)22(26,27)28)11-33-16-5-1-12(9-29)2-6-16/h1-7,15,17,19-20,31-32H,8,11H2/t15-,17?,19+,20-/m0/s1. The molecule has 0 amide bonds. The van der Waals surface area contributed by atoms with Gasteiger partial charge in [-0.3, -0.25) is 0 Å². The van der Waals surface area contributed by atoms with E-state index in [4.69, 9.17) is 15.3 Å². The molecule has 0 saturated carbocycles. The number of alkyl halides is 6. The second kappa shape index (κ2) is 9.30. The highest BCUT2D eigenvalue weighted by molar-refractivity contribution is 5.44. The van der Waals surface area contributed by atoms with Crippen LogP contribution in [0.15, 0.2) is 42.5 Å². The molecule has 4 atom stereocenters. The predicted molar refractivity (Wildman–Crippen MR) is 103 cm³/mol. The number of nitrogens with one attached hydrogen (secondary N) is 1. The number of nitriles is 2. The van der Waals surface area contributed by atoms with Gasteiger partial charge in [0.1, 0.15) is 12.4 Å². The van der Waals surface area contributed by atoms with E-state index >= 15 is 0 Å². The van der Waals surface area contributed by atoms with Crippen molar-refractivity contribution in [2.45, 2.75) is 42.9 Å². The fourth-order valence-corrected chi connectivity index (χ4v) is 3.83. The molecular weight excluding hydrogens is 452 g/mol. The summed E-state index contributed by atoms with van der Waals surface area (Å²) in [4.78, 5) is 0. The summed E-state index contributed by atoms with van der Waals surface area (Å²) in [5, 5.41) is 30.3. The lowest BCUT2D eigenvalue weighted by atomic mass is 9.86. The van der Waals surface area contributed by atoms with Crippen LogP contribution < -0.4 is 10.1 Å². The summed E-state index contributed by atoms with van der Waals surface area (Å²) in [5.41, 5.74) is -1.59. The van der Waals surface area contributed by atoms with Gasteiger partial charge in [-0.15, -0.1) is 0 Å². The van der Waals surface area contributed by atoms with Gasteiger partial charge in [-0.05, 0) is 48.4 Å². The molecule has 2 aromatic carbocycles. The molecule has 1 saturated heterocycles. The highest BCUT2D eigenvalue weighted by Gasteiger charge is 2.50. The molecule has 0 aromatic heterocycles. The number of rotatable bonds is 5. The molecule has 5 nitrogen and oxygen atoms in total. The summed E-state index contributed by atoms with van der Waals surface area (Å²) in [6, 6.07) is 9.76. The third kappa shape index (κ3) is 5.56. The monoisotopic (exact) mass is 469 g/mol. The lowest BCUT2D eigenvalue weighted by molar-refractivity contribution is -0.212. The number of nitrogens with zero attached hydrogens (tertiary/aromatic N) is 2. The fraction of sp³-hybridized carbons (Fsp3) is 0.364. The van der Waals surface area contributed by atoms with Gasteiger partial charge in [-0.25, -0.2) is 0 Å². The second-order valence-corrected chi connectivity index (χ2v) is 7.58. The quantitative estimate of drug-likeness (QED) is 0.639. The van der Waals surface area contributed by atoms with Crippen LogP contribution in [0.1, 0.15) is 34.6 Å². The van der Waals surface area contributed by atoms with Crippen molar-refractivity contribution in [2.24, 2.45) is 0 Å². The third-order valence-corrected chi connectivity index (χ3v) is 5.41. The molecule has 1 unspecified atom stereocenters. The Labute approximate surface area is 184 Å². The van der Waals surface area contributed by atoms with E-state index in [2.05, 4.69) is 5.32 Å². The molecular formula is C22H17F6N3O2. The Morgan fingerprint density at radius 2 is 1.70 bits per heavy atom. The van der Waals surface area contributed by atoms with Crippen LogP contribution >= 0.6 is 0 Å². The van der Waals surface area contributed by atoms with Crippen LogP contribution in [0.3, 0.4) is 0 Å². The first-order valence-corrected chi connectivity index (χ1v) is 9.69. The highest BCUT2D eigenvalue weighted by Crippen LogP contribution is 2.40. The first kappa shape index (κ1) is 24.4. The van der Waals surface area contributed by atoms with Crippen molar-refractivity contribution in [2.75, 3.05) is 6.61 Å². The maximum Gasteiger partial charge on any atom is 0.417 e. The summed E-state index contributed by atoms with van der Waals surface area (Å²) in [5.74, 6) is -0.769. The van der Waals surface area contributed by atoms with Gasteiger partial charge in [-0.1, -0.05) is 6.07 Å². The first-order valence-electron chi connectivity index (χ1n) is 9.69. The first-order chi connectivity index (χ1) is 15.4. The number of aliphatic hydroxyl groups is 1. The molecule has 1 aliphatic heterocycles. The van der Waals surface area contributed by atoms with E-state index in [1.165, 1.54) is 36.4 Å². The largest absolute Gasteiger partial charge is 0.492 e. The summed E-state index contributed by atoms with van der Waals surface area (Å²) in [6.07, 6.45) is -12.7. The number of hydrogen-bond donors (Lipinski definition) is 2. The Hall–Kier alpha value is -3.28. The van der Waals surface area contributed by atoms with Gasteiger partial charge in [0, 0.05) is 18.0 Å². The van der Waals surface area contributed by atoms with Crippen molar-refractivity contribution in [3.05, 3.63) is 64.7 Å². The van der Waals surface area contributed by atoms with E-state index in [0.29, 0.717) is 17.4 Å². The second-order valence-electron chi connectivity index (χ2n) is 7.58. The molecule has 1 aliphatic rings. The van der Waals surface area contributed by atoms with Crippen molar-refractivity contribution < 1.29 is 36.2 Å². The normalized spacial score (nSPS) is 21.8. The van der Waals surface area contributed by atoms with E-state index in [-0.39, 0.29) is 18.6 Å². The van der Waals surface area contributed by atoms with Crippen LogP contribution in [0, 0.1) is 22.7 Å². The Bertz CT molecular complexity index is 1070. The van der Waals surface area contributed by atoms with Crippen LogP contribution in [0.5, 0.6) is 5.75 Å². The molecule has 1 fully saturated rings. The summed E-state index contributed by atoms with van der Waals surface area (Å²) >= 11 is 0. The Morgan fingerprint density at radius 3 is 2.24 bits per heavy atom. The average molecular weight is 469 g/mol. The topological polar surface area (TPSA) is 89.1 Å². The summed E-state index contributed by atoms with van der Waals surface area (Å²) in [7, 11) is 0. The molecule has 0 radical (unpaired) electrons. The van der Waals surface area contributed by atoms with Crippen LogP contribution in [0.4, 0.5) is 26.3 Å². The lowest BCUT2D eigenvalue weighted by Gasteiger charge is -2.27. The van der Waals surface area contributed by atoms with Crippen molar-refractivity contribution in [1.82, 2.24) is 5.32 Å². The minimum absolute atomic E-state index is 0.0444. The lowest BCUT2D eigenvalue weighted by Crippen LogP contribution is -2.49. The van der Waals surface area contributed by atoms with Gasteiger partial charge < -0.3 is 15.2 Å². The molecule has 2 aromatic rings. The van der Waals surface area contributed by atoms with Crippen LogP contribution in [-0.4, -0.2) is 36.1 Å². The summed E-state index contributed by atoms with van der Waals surface area (Å²) < 4.78 is 85.4. The number of benzene rings is 2. The predicted octanol–water partition coefficient (Wildman–Crippen LogP) is 4.27. The van der Waals surface area contributed by atoms with Gasteiger partial charge in [0.15, 0.2) is 6.10 Å². The van der Waals surface area contributed by atoms with Gasteiger partial charge in [0.05, 0.1) is 28.8 Å². The zero-order valence-electron chi connectivity index (χ0n) is 16.8. The smallest absolute Gasteiger partial charge is 0.417 e. The van der Waals surface area contributed by atoms with E-state index in [9.17, 15) is 31.4 Å². The number of ether oxygens (including phenoxy) is 1. The highest BCUT2D eigenvalue weighted by atomic mass is 19.4. The van der Waals surface area contributed by atoms with Gasteiger partial charge in [0.25, 0.3) is 0 Å². The number of hydrogen-bond acceptors (Lipinski definition) is 5. The SMILES string of the molecule is N#Cc1ccc(OC[C@@H]2CC(c3ccc(C#N)c(C(F)(F)F)c3)[C@H]([C@H](O)C(F)(F)F)N2)cc1. The van der Waals surface area contributed by atoms with E-state index in [1.807, 2.05) is 6.07 Å². The molecule has 11 heteroatoms. The third-order valence-electron chi connectivity index (χ3n) is 5.41. The van der Waals surface area contributed by atoms with E-state index < -0.39 is 47.6 Å². The minimum Gasteiger partial charge on any atom is -0.492 e. The Balaban J connectivity index is 1.86. The molecule has 0 bridgehead atoms. The van der Waals surface area contributed by atoms with Crippen molar-refractivity contribution >= 4 is 0 Å². The van der Waals surface area contributed by atoms with Crippen molar-refractivity contribution in [3.63, 3.8) is 0 Å². The maximum atomic E-state index is 13.4. The van der Waals surface area contributed by atoms with Crippen molar-refractivity contribution in [1.29, 1.82) is 10.5 Å². The molecule has 0 spiro atoms. The molecule has 3 rings (SSSR count). The number of aliphatic hydroxyl groups excluding tert-OH is 1. The van der Waals surface area contributed by atoms with Gasteiger partial charge >= 0.3 is 12.4 Å². The maximum absolute atomic E-state index is 13.4. The van der Waals surface area contributed by atoms with Crippen LogP contribution in [0.2, 0.25) is 0 Å². The van der Waals surface area contributed by atoms with E-state index in [0.717, 1.165) is 6.07 Å². The van der Waals surface area contributed by atoms with Crippen LogP contribution in [-0.2, 0) is 6.18 Å². The zero-order chi connectivity index (χ0) is 24.4. The zero-order valence-corrected chi connectivity index (χ0v) is 16.8. The molecule has 2 N–H and O–H groups in total. The van der Waals surface area contributed by atoms with Crippen LogP contribution in [0.25, 0.3) is 0 Å². The Kier molecular flexibility index (Phi) is 6.86. The van der Waals surface area contributed by atoms with Crippen molar-refractivity contribution in [3.8, 4) is 17.9 Å². The number of halogens is 6.